The number of ether oxygens (including phenoxy) is 1. The third kappa shape index (κ3) is 3.42. The van der Waals surface area contributed by atoms with Crippen molar-refractivity contribution in [1.82, 2.24) is 10.3 Å². The van der Waals surface area contributed by atoms with Gasteiger partial charge in [0.15, 0.2) is 0 Å². The monoisotopic (exact) mass is 235 g/mol. The fourth-order valence-corrected chi connectivity index (χ4v) is 1.84. The second-order valence-electron chi connectivity index (χ2n) is 4.27. The number of hydrogen-bond acceptors (Lipinski definition) is 4. The molecule has 0 spiro atoms. The van der Waals surface area contributed by atoms with Gasteiger partial charge in [-0.2, -0.15) is 0 Å². The van der Waals surface area contributed by atoms with Crippen molar-refractivity contribution in [3.8, 4) is 0 Å². The lowest BCUT2D eigenvalue weighted by molar-refractivity contribution is 0.0535. The third-order valence-electron chi connectivity index (χ3n) is 2.82. The summed E-state index contributed by atoms with van der Waals surface area (Å²) in [4.78, 5) is 15.7. The van der Waals surface area contributed by atoms with Gasteiger partial charge in [-0.05, 0) is 30.9 Å². The highest BCUT2D eigenvalue weighted by Crippen LogP contribution is 2.12. The van der Waals surface area contributed by atoms with E-state index in [4.69, 9.17) is 10.5 Å². The number of aromatic nitrogens is 1. The molecule has 1 unspecified atom stereocenters. The summed E-state index contributed by atoms with van der Waals surface area (Å²) in [6.45, 7) is 2.21. The van der Waals surface area contributed by atoms with Gasteiger partial charge in [-0.3, -0.25) is 4.79 Å². The molecule has 2 heterocycles. The van der Waals surface area contributed by atoms with Crippen molar-refractivity contribution in [2.75, 3.05) is 25.5 Å². The van der Waals surface area contributed by atoms with Gasteiger partial charge in [0.25, 0.3) is 5.91 Å². The normalized spacial score (nSPS) is 19.9. The van der Waals surface area contributed by atoms with Crippen LogP contribution in [0.3, 0.4) is 0 Å². The van der Waals surface area contributed by atoms with E-state index in [1.807, 2.05) is 0 Å². The molecule has 3 N–H and O–H groups in total. The number of rotatable bonds is 3. The molecule has 0 bridgehead atoms. The predicted molar refractivity (Wildman–Crippen MR) is 64.5 cm³/mol. The van der Waals surface area contributed by atoms with E-state index in [0.29, 0.717) is 23.8 Å². The average molecular weight is 235 g/mol. The van der Waals surface area contributed by atoms with Crippen molar-refractivity contribution in [2.45, 2.75) is 12.8 Å². The van der Waals surface area contributed by atoms with Crippen LogP contribution in [0.4, 0.5) is 5.69 Å². The Morgan fingerprint density at radius 1 is 1.59 bits per heavy atom. The molecule has 0 aromatic carbocycles. The molecule has 17 heavy (non-hydrogen) atoms. The number of anilines is 1. The molecule has 2 rings (SSSR count). The van der Waals surface area contributed by atoms with Gasteiger partial charge < -0.3 is 15.8 Å². The van der Waals surface area contributed by atoms with Crippen molar-refractivity contribution in [1.29, 1.82) is 0 Å². The molecule has 92 valence electrons. The van der Waals surface area contributed by atoms with Gasteiger partial charge >= 0.3 is 0 Å². The van der Waals surface area contributed by atoms with Crippen LogP contribution in [-0.4, -0.2) is 30.6 Å². The number of hydrogen-bond donors (Lipinski definition) is 2. The molecule has 1 aromatic rings. The Morgan fingerprint density at radius 3 is 3.12 bits per heavy atom. The molecule has 1 aromatic heterocycles. The van der Waals surface area contributed by atoms with E-state index in [1.165, 1.54) is 6.20 Å². The zero-order valence-electron chi connectivity index (χ0n) is 9.69. The molecule has 0 saturated carbocycles. The number of carbonyl (C=O) groups is 1. The molecular formula is C12H17N3O2. The Balaban J connectivity index is 1.82. The molecule has 1 aliphatic heterocycles. The van der Waals surface area contributed by atoms with Gasteiger partial charge in [0.1, 0.15) is 5.69 Å². The van der Waals surface area contributed by atoms with E-state index in [9.17, 15) is 4.79 Å². The van der Waals surface area contributed by atoms with Crippen molar-refractivity contribution in [3.63, 3.8) is 0 Å². The van der Waals surface area contributed by atoms with Crippen molar-refractivity contribution in [3.05, 3.63) is 24.0 Å². The summed E-state index contributed by atoms with van der Waals surface area (Å²) < 4.78 is 5.35. The summed E-state index contributed by atoms with van der Waals surface area (Å²) >= 11 is 0. The van der Waals surface area contributed by atoms with Crippen LogP contribution in [0.1, 0.15) is 23.3 Å². The van der Waals surface area contributed by atoms with Gasteiger partial charge in [0.2, 0.25) is 0 Å². The molecule has 1 amide bonds. The first-order valence-corrected chi connectivity index (χ1v) is 5.83. The van der Waals surface area contributed by atoms with Gasteiger partial charge in [-0.15, -0.1) is 0 Å². The number of nitrogens with two attached hydrogens (primary N) is 1. The Kier molecular flexibility index (Phi) is 3.93. The second kappa shape index (κ2) is 5.63. The lowest BCUT2D eigenvalue weighted by Gasteiger charge is -2.22. The number of pyridine rings is 1. The second-order valence-corrected chi connectivity index (χ2v) is 4.27. The number of amides is 1. The molecule has 0 radical (unpaired) electrons. The quantitative estimate of drug-likeness (QED) is 0.813. The highest BCUT2D eigenvalue weighted by atomic mass is 16.5. The maximum atomic E-state index is 11.7. The van der Waals surface area contributed by atoms with Gasteiger partial charge in [0, 0.05) is 13.2 Å². The molecule has 5 heteroatoms. The van der Waals surface area contributed by atoms with Crippen molar-refractivity contribution in [2.24, 2.45) is 5.92 Å². The topological polar surface area (TPSA) is 77.2 Å². The minimum atomic E-state index is -0.157. The summed E-state index contributed by atoms with van der Waals surface area (Å²) in [5.74, 6) is 0.261. The van der Waals surface area contributed by atoms with E-state index in [1.54, 1.807) is 12.1 Å². The highest BCUT2D eigenvalue weighted by molar-refractivity contribution is 5.92. The Bertz CT molecular complexity index is 372. The lowest BCUT2D eigenvalue weighted by Crippen LogP contribution is -2.33. The van der Waals surface area contributed by atoms with Crippen molar-refractivity contribution >= 4 is 11.6 Å². The fourth-order valence-electron chi connectivity index (χ4n) is 1.84. The van der Waals surface area contributed by atoms with Crippen LogP contribution in [-0.2, 0) is 4.74 Å². The predicted octanol–water partition coefficient (Wildman–Crippen LogP) is 0.820. The molecule has 1 aliphatic rings. The third-order valence-corrected chi connectivity index (χ3v) is 2.82. The summed E-state index contributed by atoms with van der Waals surface area (Å²) in [5.41, 5.74) is 6.46. The number of nitrogens with zero attached hydrogens (tertiary/aromatic N) is 1. The standard InChI is InChI=1S/C12H17N3O2/c13-10-3-4-11(14-7-10)12(16)15-6-9-2-1-5-17-8-9/h3-4,7,9H,1-2,5-6,8,13H2,(H,15,16). The number of nitrogen functional groups attached to an aromatic ring is 1. The van der Waals surface area contributed by atoms with Gasteiger partial charge in [-0.25, -0.2) is 4.98 Å². The van der Waals surface area contributed by atoms with E-state index in [-0.39, 0.29) is 5.91 Å². The smallest absolute Gasteiger partial charge is 0.269 e. The Morgan fingerprint density at radius 2 is 2.47 bits per heavy atom. The van der Waals surface area contributed by atoms with Crippen LogP contribution in [0.15, 0.2) is 18.3 Å². The maximum absolute atomic E-state index is 11.7. The first-order chi connectivity index (χ1) is 8.25. The zero-order valence-corrected chi connectivity index (χ0v) is 9.69. The van der Waals surface area contributed by atoms with Crippen LogP contribution in [0.5, 0.6) is 0 Å². The molecule has 1 saturated heterocycles. The summed E-state index contributed by atoms with van der Waals surface area (Å²) in [6, 6.07) is 3.30. The summed E-state index contributed by atoms with van der Waals surface area (Å²) in [7, 11) is 0. The summed E-state index contributed by atoms with van der Waals surface area (Å²) in [5, 5.41) is 2.87. The van der Waals surface area contributed by atoms with E-state index in [2.05, 4.69) is 10.3 Å². The minimum Gasteiger partial charge on any atom is -0.397 e. The van der Waals surface area contributed by atoms with Crippen LogP contribution < -0.4 is 11.1 Å². The molecule has 1 fully saturated rings. The lowest BCUT2D eigenvalue weighted by atomic mass is 10.0. The highest BCUT2D eigenvalue weighted by Gasteiger charge is 2.15. The SMILES string of the molecule is Nc1ccc(C(=O)NCC2CCCOC2)nc1. The average Bonchev–Trinajstić information content (AvgIpc) is 2.38. The first kappa shape index (κ1) is 11.9. The first-order valence-electron chi connectivity index (χ1n) is 5.83. The zero-order chi connectivity index (χ0) is 12.1. The minimum absolute atomic E-state index is 0.157. The Labute approximate surface area is 100 Å². The van der Waals surface area contributed by atoms with Crippen LogP contribution >= 0.6 is 0 Å². The van der Waals surface area contributed by atoms with Gasteiger partial charge in [0.05, 0.1) is 18.5 Å². The molecular weight excluding hydrogens is 218 g/mol. The molecule has 0 aliphatic carbocycles. The number of carbonyl (C=O) groups excluding carboxylic acids is 1. The molecule has 1 atom stereocenters. The van der Waals surface area contributed by atoms with Crippen LogP contribution in [0.2, 0.25) is 0 Å². The molecule has 5 nitrogen and oxygen atoms in total. The number of nitrogens with one attached hydrogen (secondary N) is 1. The van der Waals surface area contributed by atoms with Gasteiger partial charge in [-0.1, -0.05) is 0 Å². The maximum Gasteiger partial charge on any atom is 0.269 e. The van der Waals surface area contributed by atoms with Crippen LogP contribution in [0.25, 0.3) is 0 Å². The van der Waals surface area contributed by atoms with E-state index >= 15 is 0 Å². The van der Waals surface area contributed by atoms with E-state index < -0.39 is 0 Å². The summed E-state index contributed by atoms with van der Waals surface area (Å²) in [6.07, 6.45) is 3.66. The van der Waals surface area contributed by atoms with E-state index in [0.717, 1.165) is 26.1 Å². The fraction of sp³-hybridized carbons (Fsp3) is 0.500. The van der Waals surface area contributed by atoms with Crippen LogP contribution in [0, 0.1) is 5.92 Å². The van der Waals surface area contributed by atoms with Crippen molar-refractivity contribution < 1.29 is 9.53 Å². The Hall–Kier alpha value is -1.62. The largest absolute Gasteiger partial charge is 0.397 e.